The third kappa shape index (κ3) is 5.91. The maximum Gasteiger partial charge on any atom is 0.236 e. The summed E-state index contributed by atoms with van der Waals surface area (Å²) < 4.78 is 0.0964. The van der Waals surface area contributed by atoms with E-state index in [0.717, 1.165) is 17.8 Å². The van der Waals surface area contributed by atoms with E-state index in [0.29, 0.717) is 16.8 Å². The molecule has 0 fully saturated rings. The molecule has 1 N–H and O–H groups in total. The minimum absolute atomic E-state index is 0.00725. The van der Waals surface area contributed by atoms with E-state index in [4.69, 9.17) is 0 Å². The quantitative estimate of drug-likeness (QED) is 0.865. The van der Waals surface area contributed by atoms with Crippen LogP contribution in [0.2, 0.25) is 0 Å². The summed E-state index contributed by atoms with van der Waals surface area (Å²) in [7, 11) is 0. The number of rotatable bonds is 6. The molecule has 0 unspecified atom stereocenters. The molecule has 6 heteroatoms. The third-order valence-electron chi connectivity index (χ3n) is 2.66. The molecule has 1 aromatic rings. The second-order valence-corrected chi connectivity index (χ2v) is 8.22. The van der Waals surface area contributed by atoms with Gasteiger partial charge in [0.1, 0.15) is 5.01 Å². The lowest BCUT2D eigenvalue weighted by Gasteiger charge is -2.16. The number of carbonyl (C=O) groups excluding carboxylic acids is 1. The number of hydrogen-bond donors (Lipinski definition) is 1. The lowest BCUT2D eigenvalue weighted by atomic mass is 10.1. The number of hydrogen-bond acceptors (Lipinski definition) is 5. The van der Waals surface area contributed by atoms with Crippen molar-refractivity contribution in [2.45, 2.75) is 58.1 Å². The average Bonchev–Trinajstić information content (AvgIpc) is 2.76. The highest BCUT2D eigenvalue weighted by Gasteiger charge is 2.16. The minimum atomic E-state index is -0.00725. The topological polar surface area (TPSA) is 54.9 Å². The van der Waals surface area contributed by atoms with Crippen LogP contribution in [0.5, 0.6) is 0 Å². The number of carbonyl (C=O) groups is 1. The van der Waals surface area contributed by atoms with Gasteiger partial charge < -0.3 is 0 Å². The van der Waals surface area contributed by atoms with E-state index in [1.54, 1.807) is 11.8 Å². The number of amides is 1. The van der Waals surface area contributed by atoms with Crippen LogP contribution in [0.1, 0.15) is 58.4 Å². The molecular weight excluding hydrogens is 278 g/mol. The van der Waals surface area contributed by atoms with Crippen molar-refractivity contribution in [1.29, 1.82) is 0 Å². The number of thioether (sulfide) groups is 1. The Hall–Kier alpha value is -0.620. The van der Waals surface area contributed by atoms with Gasteiger partial charge in [-0.05, 0) is 12.8 Å². The Morgan fingerprint density at radius 1 is 1.32 bits per heavy atom. The lowest BCUT2D eigenvalue weighted by molar-refractivity contribution is -0.113. The fraction of sp³-hybridized carbons (Fsp3) is 0.769. The fourth-order valence-corrected chi connectivity index (χ4v) is 3.19. The van der Waals surface area contributed by atoms with E-state index < -0.39 is 0 Å². The fourth-order valence-electron chi connectivity index (χ4n) is 1.53. The van der Waals surface area contributed by atoms with Gasteiger partial charge >= 0.3 is 0 Å². The molecule has 1 amide bonds. The summed E-state index contributed by atoms with van der Waals surface area (Å²) in [4.78, 5) is 11.8. The summed E-state index contributed by atoms with van der Waals surface area (Å²) in [6, 6.07) is 0. The second-order valence-electron chi connectivity index (χ2n) is 5.41. The molecule has 0 spiro atoms. The summed E-state index contributed by atoms with van der Waals surface area (Å²) in [5.74, 6) is 0.892. The molecule has 0 saturated carbocycles. The van der Waals surface area contributed by atoms with Gasteiger partial charge in [0.05, 0.1) is 5.75 Å². The van der Waals surface area contributed by atoms with Gasteiger partial charge in [-0.1, -0.05) is 46.0 Å². The first-order valence-electron chi connectivity index (χ1n) is 6.63. The molecule has 0 radical (unpaired) electrons. The van der Waals surface area contributed by atoms with E-state index in [2.05, 4.69) is 50.1 Å². The van der Waals surface area contributed by atoms with Crippen molar-refractivity contribution in [3.63, 3.8) is 0 Å². The van der Waals surface area contributed by atoms with Gasteiger partial charge in [-0.15, -0.1) is 22.0 Å². The van der Waals surface area contributed by atoms with Crippen molar-refractivity contribution in [3.05, 3.63) is 5.01 Å². The number of nitrogens with zero attached hydrogens (tertiary/aromatic N) is 2. The van der Waals surface area contributed by atoms with Crippen molar-refractivity contribution in [1.82, 2.24) is 10.2 Å². The Bertz CT molecular complexity index is 408. The molecule has 1 aromatic heterocycles. The van der Waals surface area contributed by atoms with Gasteiger partial charge in [0.15, 0.2) is 0 Å². The maximum atomic E-state index is 11.8. The summed E-state index contributed by atoms with van der Waals surface area (Å²) >= 11 is 3.12. The van der Waals surface area contributed by atoms with E-state index in [9.17, 15) is 4.79 Å². The zero-order valence-electron chi connectivity index (χ0n) is 12.3. The van der Waals surface area contributed by atoms with Crippen molar-refractivity contribution in [2.75, 3.05) is 11.1 Å². The summed E-state index contributed by atoms with van der Waals surface area (Å²) in [6.07, 6.45) is 2.11. The molecule has 19 heavy (non-hydrogen) atoms. The predicted molar refractivity (Wildman–Crippen MR) is 84.1 cm³/mol. The molecule has 0 aliphatic carbocycles. The van der Waals surface area contributed by atoms with Crippen LogP contribution in [0.4, 0.5) is 5.13 Å². The summed E-state index contributed by atoms with van der Waals surface area (Å²) in [6.45, 7) is 10.6. The molecule has 0 atom stereocenters. The molecule has 4 nitrogen and oxygen atoms in total. The van der Waals surface area contributed by atoms with E-state index in [1.165, 1.54) is 11.3 Å². The molecular formula is C13H23N3OS2. The van der Waals surface area contributed by atoms with E-state index in [1.807, 2.05) is 0 Å². The number of nitrogens with one attached hydrogen (secondary N) is 1. The molecule has 0 bridgehead atoms. The standard InChI is InChI=1S/C13H23N3OS2/c1-6-9(7-2)11-15-16-12(19-11)14-10(17)8-18-13(3,4)5/h9H,6-8H2,1-5H3,(H,14,16,17). The van der Waals surface area contributed by atoms with Crippen LogP contribution in [-0.4, -0.2) is 26.6 Å². The van der Waals surface area contributed by atoms with Crippen LogP contribution in [-0.2, 0) is 4.79 Å². The SMILES string of the molecule is CCC(CC)c1nnc(NC(=O)CSC(C)(C)C)s1. The van der Waals surface area contributed by atoms with Crippen LogP contribution in [0.3, 0.4) is 0 Å². The van der Waals surface area contributed by atoms with Gasteiger partial charge in [-0.3, -0.25) is 10.1 Å². The van der Waals surface area contributed by atoms with Gasteiger partial charge in [0.25, 0.3) is 0 Å². The zero-order chi connectivity index (χ0) is 14.5. The molecule has 0 aromatic carbocycles. The minimum Gasteiger partial charge on any atom is -0.300 e. The summed E-state index contributed by atoms with van der Waals surface area (Å²) in [5, 5.41) is 12.7. The highest BCUT2D eigenvalue weighted by Crippen LogP contribution is 2.28. The van der Waals surface area contributed by atoms with Crippen LogP contribution < -0.4 is 5.32 Å². The van der Waals surface area contributed by atoms with Crippen LogP contribution in [0.15, 0.2) is 0 Å². The van der Waals surface area contributed by atoms with Gasteiger partial charge in [0.2, 0.25) is 11.0 Å². The molecule has 0 aliphatic heterocycles. The van der Waals surface area contributed by atoms with Crippen LogP contribution >= 0.6 is 23.1 Å². The monoisotopic (exact) mass is 301 g/mol. The third-order valence-corrected chi connectivity index (χ3v) is 4.93. The maximum absolute atomic E-state index is 11.8. The Kier molecular flexibility index (Phi) is 6.26. The van der Waals surface area contributed by atoms with Crippen LogP contribution in [0.25, 0.3) is 0 Å². The first kappa shape index (κ1) is 16.4. The smallest absolute Gasteiger partial charge is 0.236 e. The molecule has 1 rings (SSSR count). The van der Waals surface area contributed by atoms with Gasteiger partial charge in [0, 0.05) is 10.7 Å². The molecule has 0 saturated heterocycles. The van der Waals surface area contributed by atoms with Gasteiger partial charge in [-0.25, -0.2) is 0 Å². The lowest BCUT2D eigenvalue weighted by Crippen LogP contribution is -2.18. The second kappa shape index (κ2) is 7.24. The van der Waals surface area contributed by atoms with Crippen molar-refractivity contribution in [3.8, 4) is 0 Å². The normalized spacial score (nSPS) is 11.9. The number of aromatic nitrogens is 2. The first-order chi connectivity index (χ1) is 8.85. The van der Waals surface area contributed by atoms with Crippen molar-refractivity contribution >= 4 is 34.1 Å². The predicted octanol–water partition coefficient (Wildman–Crippen LogP) is 3.91. The Morgan fingerprint density at radius 2 is 1.95 bits per heavy atom. The average molecular weight is 301 g/mol. The van der Waals surface area contributed by atoms with Crippen molar-refractivity contribution < 1.29 is 4.79 Å². The molecule has 0 aliphatic rings. The summed E-state index contributed by atoms with van der Waals surface area (Å²) in [5.41, 5.74) is 0. The van der Waals surface area contributed by atoms with Crippen LogP contribution in [0, 0.1) is 0 Å². The Labute approximate surface area is 123 Å². The van der Waals surface area contributed by atoms with E-state index in [-0.39, 0.29) is 10.7 Å². The Morgan fingerprint density at radius 3 is 2.47 bits per heavy atom. The zero-order valence-corrected chi connectivity index (χ0v) is 14.0. The highest BCUT2D eigenvalue weighted by molar-refractivity contribution is 8.01. The number of anilines is 1. The largest absolute Gasteiger partial charge is 0.300 e. The molecule has 108 valence electrons. The Balaban J connectivity index is 2.51. The highest BCUT2D eigenvalue weighted by atomic mass is 32.2. The van der Waals surface area contributed by atoms with Gasteiger partial charge in [-0.2, -0.15) is 0 Å². The molecule has 1 heterocycles. The first-order valence-corrected chi connectivity index (χ1v) is 8.43. The van der Waals surface area contributed by atoms with E-state index >= 15 is 0 Å². The van der Waals surface area contributed by atoms with Crippen molar-refractivity contribution in [2.24, 2.45) is 0 Å².